The van der Waals surface area contributed by atoms with Gasteiger partial charge in [-0.1, -0.05) is 70.9 Å². The van der Waals surface area contributed by atoms with E-state index in [0.717, 1.165) is 19.3 Å². The minimum atomic E-state index is -0.244. The maximum atomic E-state index is 10.8. The highest BCUT2D eigenvalue weighted by Gasteiger charge is 2.36. The molecule has 0 aliphatic carbocycles. The van der Waals surface area contributed by atoms with E-state index >= 15 is 0 Å². The Hall–Kier alpha value is -0.820. The average molecular weight is 262 g/mol. The van der Waals surface area contributed by atoms with Crippen LogP contribution < -0.4 is 0 Å². The van der Waals surface area contributed by atoms with Crippen LogP contribution in [0.5, 0.6) is 0 Å². The fourth-order valence-corrected chi connectivity index (χ4v) is 3.31. The first-order valence-electron chi connectivity index (χ1n) is 7.84. The predicted molar refractivity (Wildman–Crippen MR) is 83.4 cm³/mol. The fourth-order valence-electron chi connectivity index (χ4n) is 3.31. The zero-order chi connectivity index (χ0) is 14.3. The molecular weight excluding hydrogens is 232 g/mol. The summed E-state index contributed by atoms with van der Waals surface area (Å²) in [6.07, 6.45) is 5.05. The Balaban J connectivity index is 2.93. The maximum Gasteiger partial charge on any atom is 0.0639 e. The van der Waals surface area contributed by atoms with E-state index in [0.29, 0.717) is 5.92 Å². The summed E-state index contributed by atoms with van der Waals surface area (Å²) in [6.45, 7) is 8.87. The number of aliphatic hydroxyl groups is 1. The monoisotopic (exact) mass is 262 g/mol. The molecule has 0 radical (unpaired) electrons. The van der Waals surface area contributed by atoms with Gasteiger partial charge in [-0.2, -0.15) is 0 Å². The van der Waals surface area contributed by atoms with Gasteiger partial charge < -0.3 is 5.11 Å². The third kappa shape index (κ3) is 3.82. The lowest BCUT2D eigenvalue weighted by molar-refractivity contribution is 0.0517. The highest BCUT2D eigenvalue weighted by atomic mass is 16.3. The summed E-state index contributed by atoms with van der Waals surface area (Å²) in [4.78, 5) is 0. The lowest BCUT2D eigenvalue weighted by atomic mass is 9.69. The van der Waals surface area contributed by atoms with Crippen LogP contribution in [0.2, 0.25) is 0 Å². The summed E-state index contributed by atoms with van der Waals surface area (Å²) in [6, 6.07) is 10.5. The summed E-state index contributed by atoms with van der Waals surface area (Å²) in [5.41, 5.74) is 1.21. The van der Waals surface area contributed by atoms with E-state index in [2.05, 4.69) is 52.0 Å². The van der Waals surface area contributed by atoms with Crippen molar-refractivity contribution >= 4 is 0 Å². The van der Waals surface area contributed by atoms with Gasteiger partial charge in [0.25, 0.3) is 0 Å². The first-order valence-corrected chi connectivity index (χ1v) is 7.84. The zero-order valence-corrected chi connectivity index (χ0v) is 13.0. The molecule has 2 unspecified atom stereocenters. The van der Waals surface area contributed by atoms with Gasteiger partial charge >= 0.3 is 0 Å². The van der Waals surface area contributed by atoms with Crippen LogP contribution >= 0.6 is 0 Å². The number of aliphatic hydroxyl groups excluding tert-OH is 1. The molecule has 1 aromatic rings. The van der Waals surface area contributed by atoms with Crippen LogP contribution in [-0.2, 0) is 5.41 Å². The summed E-state index contributed by atoms with van der Waals surface area (Å²) in [5.74, 6) is 0.598. The van der Waals surface area contributed by atoms with Crippen LogP contribution in [0.15, 0.2) is 30.3 Å². The van der Waals surface area contributed by atoms with E-state index in [9.17, 15) is 5.11 Å². The van der Waals surface area contributed by atoms with Gasteiger partial charge in [0.15, 0.2) is 0 Å². The van der Waals surface area contributed by atoms with Crippen molar-refractivity contribution in [1.82, 2.24) is 0 Å². The molecule has 19 heavy (non-hydrogen) atoms. The Morgan fingerprint density at radius 3 is 2.11 bits per heavy atom. The molecule has 0 saturated carbocycles. The van der Waals surface area contributed by atoms with Crippen LogP contribution in [0.1, 0.15) is 65.4 Å². The highest BCUT2D eigenvalue weighted by Crippen LogP contribution is 2.38. The molecular formula is C18H30O. The summed E-state index contributed by atoms with van der Waals surface area (Å²) < 4.78 is 0. The third-order valence-corrected chi connectivity index (χ3v) is 4.66. The van der Waals surface area contributed by atoms with Gasteiger partial charge in [0.05, 0.1) is 6.10 Å². The minimum Gasteiger partial charge on any atom is -0.392 e. The van der Waals surface area contributed by atoms with Crippen LogP contribution in [0, 0.1) is 5.92 Å². The molecule has 1 aromatic carbocycles. The van der Waals surface area contributed by atoms with Gasteiger partial charge in [-0.25, -0.2) is 0 Å². The first-order chi connectivity index (χ1) is 9.10. The molecule has 0 aromatic heterocycles. The molecule has 1 N–H and O–H groups in total. The van der Waals surface area contributed by atoms with Crippen molar-refractivity contribution in [2.24, 2.45) is 5.92 Å². The third-order valence-electron chi connectivity index (χ3n) is 4.66. The maximum absolute atomic E-state index is 10.8. The molecule has 108 valence electrons. The van der Waals surface area contributed by atoms with Gasteiger partial charge in [0.1, 0.15) is 0 Å². The van der Waals surface area contributed by atoms with Gasteiger partial charge in [-0.15, -0.1) is 0 Å². The van der Waals surface area contributed by atoms with E-state index in [1.807, 2.05) is 6.07 Å². The molecule has 0 bridgehead atoms. The van der Waals surface area contributed by atoms with Crippen molar-refractivity contribution < 1.29 is 5.11 Å². The quantitative estimate of drug-likeness (QED) is 0.704. The lowest BCUT2D eigenvalue weighted by Crippen LogP contribution is -2.39. The molecule has 0 aliphatic heterocycles. The molecule has 0 heterocycles. The Morgan fingerprint density at radius 2 is 1.63 bits per heavy atom. The van der Waals surface area contributed by atoms with Crippen molar-refractivity contribution in [3.8, 4) is 0 Å². The Labute approximate surface area is 119 Å². The summed E-state index contributed by atoms with van der Waals surface area (Å²) in [7, 11) is 0. The molecule has 0 saturated heterocycles. The van der Waals surface area contributed by atoms with E-state index < -0.39 is 0 Å². The van der Waals surface area contributed by atoms with E-state index in [4.69, 9.17) is 0 Å². The van der Waals surface area contributed by atoms with Crippen LogP contribution in [0.3, 0.4) is 0 Å². The largest absolute Gasteiger partial charge is 0.392 e. The SMILES string of the molecule is CCCC(C)CC(O)C(CC)(CC)c1ccccc1. The number of rotatable bonds is 8. The van der Waals surface area contributed by atoms with Crippen molar-refractivity contribution in [3.63, 3.8) is 0 Å². The molecule has 0 amide bonds. The van der Waals surface area contributed by atoms with Gasteiger partial charge in [-0.05, 0) is 30.7 Å². The van der Waals surface area contributed by atoms with E-state index in [1.165, 1.54) is 18.4 Å². The lowest BCUT2D eigenvalue weighted by Gasteiger charge is -2.38. The van der Waals surface area contributed by atoms with E-state index in [-0.39, 0.29) is 11.5 Å². The van der Waals surface area contributed by atoms with Gasteiger partial charge in [0, 0.05) is 5.41 Å². The van der Waals surface area contributed by atoms with Gasteiger partial charge in [0.2, 0.25) is 0 Å². The standard InChI is InChI=1S/C18H30O/c1-5-11-15(4)14-17(19)18(6-2,7-3)16-12-9-8-10-13-16/h8-10,12-13,15,17,19H,5-7,11,14H2,1-4H3. The second-order valence-electron chi connectivity index (χ2n) is 5.87. The second kappa shape index (κ2) is 7.69. The van der Waals surface area contributed by atoms with E-state index in [1.54, 1.807) is 0 Å². The van der Waals surface area contributed by atoms with Crippen molar-refractivity contribution in [2.75, 3.05) is 0 Å². The normalized spacial score (nSPS) is 15.2. The molecule has 0 aliphatic rings. The zero-order valence-electron chi connectivity index (χ0n) is 13.0. The summed E-state index contributed by atoms with van der Waals surface area (Å²) in [5, 5.41) is 10.8. The van der Waals surface area contributed by atoms with Crippen molar-refractivity contribution in [1.29, 1.82) is 0 Å². The van der Waals surface area contributed by atoms with Crippen molar-refractivity contribution in [3.05, 3.63) is 35.9 Å². The average Bonchev–Trinajstić information content (AvgIpc) is 2.42. The molecule has 1 heteroatoms. The Morgan fingerprint density at radius 1 is 1.05 bits per heavy atom. The van der Waals surface area contributed by atoms with Gasteiger partial charge in [-0.3, -0.25) is 0 Å². The summed E-state index contributed by atoms with van der Waals surface area (Å²) >= 11 is 0. The molecule has 1 nitrogen and oxygen atoms in total. The molecule has 0 fully saturated rings. The van der Waals surface area contributed by atoms with Crippen LogP contribution in [0.25, 0.3) is 0 Å². The molecule has 1 rings (SSSR count). The smallest absolute Gasteiger partial charge is 0.0639 e. The molecule has 0 spiro atoms. The predicted octanol–water partition coefficient (Wildman–Crippen LogP) is 4.93. The Bertz CT molecular complexity index is 340. The highest BCUT2D eigenvalue weighted by molar-refractivity contribution is 5.26. The molecule has 2 atom stereocenters. The number of hydrogen-bond acceptors (Lipinski definition) is 1. The first kappa shape index (κ1) is 16.2. The minimum absolute atomic E-state index is 0.0801. The number of hydrogen-bond donors (Lipinski definition) is 1. The second-order valence-corrected chi connectivity index (χ2v) is 5.87. The van der Waals surface area contributed by atoms with Crippen LogP contribution in [0.4, 0.5) is 0 Å². The number of benzene rings is 1. The fraction of sp³-hybridized carbons (Fsp3) is 0.667. The van der Waals surface area contributed by atoms with Crippen LogP contribution in [-0.4, -0.2) is 11.2 Å². The van der Waals surface area contributed by atoms with Crippen molar-refractivity contribution in [2.45, 2.75) is 71.3 Å². The topological polar surface area (TPSA) is 20.2 Å². The Kier molecular flexibility index (Phi) is 6.57.